The summed E-state index contributed by atoms with van der Waals surface area (Å²) >= 11 is 0. The van der Waals surface area contributed by atoms with E-state index in [2.05, 4.69) is 5.32 Å². The van der Waals surface area contributed by atoms with E-state index in [-0.39, 0.29) is 18.1 Å². The van der Waals surface area contributed by atoms with Crippen LogP contribution < -0.4 is 10.2 Å². The number of ether oxygens (including phenoxy) is 2. The fraction of sp³-hybridized carbons (Fsp3) is 0.381. The number of hydrogen-bond acceptors (Lipinski definition) is 4. The van der Waals surface area contributed by atoms with Gasteiger partial charge in [-0.3, -0.25) is 4.79 Å². The van der Waals surface area contributed by atoms with E-state index in [1.165, 1.54) is 0 Å². The number of hydrogen-bond donors (Lipinski definition) is 1. The molecule has 1 N–H and O–H groups in total. The summed E-state index contributed by atoms with van der Waals surface area (Å²) in [6, 6.07) is 17.5. The molecule has 1 saturated heterocycles. The molecule has 1 amide bonds. The molecule has 0 unspecified atom stereocenters. The largest absolute Gasteiger partial charge is 0.379 e. The first-order valence-electron chi connectivity index (χ1n) is 8.95. The molecule has 2 atom stereocenters. The van der Waals surface area contributed by atoms with Gasteiger partial charge in [0, 0.05) is 32.0 Å². The maximum absolute atomic E-state index is 12.7. The molecule has 2 aromatic rings. The molecule has 0 bridgehead atoms. The van der Waals surface area contributed by atoms with Crippen LogP contribution in [-0.2, 0) is 16.1 Å². The van der Waals surface area contributed by atoms with Crippen molar-refractivity contribution in [1.29, 1.82) is 0 Å². The number of benzene rings is 2. The van der Waals surface area contributed by atoms with Crippen LogP contribution in [0.3, 0.4) is 0 Å². The van der Waals surface area contributed by atoms with E-state index < -0.39 is 0 Å². The van der Waals surface area contributed by atoms with Gasteiger partial charge in [0.05, 0.1) is 25.4 Å². The fourth-order valence-corrected chi connectivity index (χ4v) is 3.01. The zero-order valence-corrected chi connectivity index (χ0v) is 15.4. The van der Waals surface area contributed by atoms with Crippen LogP contribution in [0.2, 0.25) is 0 Å². The van der Waals surface area contributed by atoms with Crippen molar-refractivity contribution < 1.29 is 14.3 Å². The van der Waals surface area contributed by atoms with Gasteiger partial charge in [0.25, 0.3) is 5.91 Å². The van der Waals surface area contributed by atoms with Crippen LogP contribution in [0.25, 0.3) is 0 Å². The lowest BCUT2D eigenvalue weighted by Crippen LogP contribution is -2.50. The number of anilines is 1. The van der Waals surface area contributed by atoms with Gasteiger partial charge in [-0.15, -0.1) is 0 Å². The zero-order chi connectivity index (χ0) is 18.4. The summed E-state index contributed by atoms with van der Waals surface area (Å²) in [6.07, 6.45) is 0.722. The summed E-state index contributed by atoms with van der Waals surface area (Å²) in [5, 5.41) is 3.08. The number of nitrogens with zero attached hydrogens (tertiary/aromatic N) is 1. The highest BCUT2D eigenvalue weighted by Gasteiger charge is 2.28. The molecule has 1 aliphatic rings. The number of rotatable bonds is 6. The summed E-state index contributed by atoms with van der Waals surface area (Å²) in [5.74, 6) is -0.0995. The fourth-order valence-electron chi connectivity index (χ4n) is 3.01. The van der Waals surface area contributed by atoms with Gasteiger partial charge in [-0.1, -0.05) is 36.4 Å². The molecular formula is C21H26N2O3. The van der Waals surface area contributed by atoms with Gasteiger partial charge < -0.3 is 19.7 Å². The molecule has 0 radical (unpaired) electrons. The summed E-state index contributed by atoms with van der Waals surface area (Å²) in [5.41, 5.74) is 2.76. The number of carbonyl (C=O) groups excluding carboxylic acids is 1. The van der Waals surface area contributed by atoms with E-state index in [9.17, 15) is 4.79 Å². The van der Waals surface area contributed by atoms with E-state index >= 15 is 0 Å². The lowest BCUT2D eigenvalue weighted by molar-refractivity contribution is -0.0605. The van der Waals surface area contributed by atoms with Gasteiger partial charge in [0.2, 0.25) is 0 Å². The summed E-state index contributed by atoms with van der Waals surface area (Å²) in [6.45, 7) is 1.66. The SMILES string of the molecule is CN(C)c1cccc(C(=O)N[C@@H]2COCC[C@@H]2OCc2ccccc2)c1. The summed E-state index contributed by atoms with van der Waals surface area (Å²) in [4.78, 5) is 14.6. The molecule has 1 heterocycles. The first-order valence-corrected chi connectivity index (χ1v) is 8.95. The van der Waals surface area contributed by atoms with E-state index in [0.717, 1.165) is 17.7 Å². The highest BCUT2D eigenvalue weighted by atomic mass is 16.5. The average molecular weight is 354 g/mol. The molecule has 0 spiro atoms. The lowest BCUT2D eigenvalue weighted by atomic mass is 10.1. The molecule has 0 saturated carbocycles. The maximum atomic E-state index is 12.7. The highest BCUT2D eigenvalue weighted by Crippen LogP contribution is 2.17. The number of amides is 1. The van der Waals surface area contributed by atoms with E-state index in [0.29, 0.717) is 25.4 Å². The summed E-state index contributed by atoms with van der Waals surface area (Å²) in [7, 11) is 3.92. The molecular weight excluding hydrogens is 328 g/mol. The van der Waals surface area contributed by atoms with Crippen LogP contribution in [0.5, 0.6) is 0 Å². The van der Waals surface area contributed by atoms with E-state index in [1.807, 2.05) is 73.6 Å². The van der Waals surface area contributed by atoms with Crippen LogP contribution in [0, 0.1) is 0 Å². The van der Waals surface area contributed by atoms with Crippen LogP contribution in [-0.4, -0.2) is 45.4 Å². The highest BCUT2D eigenvalue weighted by molar-refractivity contribution is 5.95. The Labute approximate surface area is 154 Å². The first-order chi connectivity index (χ1) is 12.6. The van der Waals surface area contributed by atoms with E-state index in [4.69, 9.17) is 9.47 Å². The molecule has 2 aromatic carbocycles. The third-order valence-corrected chi connectivity index (χ3v) is 4.54. The van der Waals surface area contributed by atoms with Crippen LogP contribution >= 0.6 is 0 Å². The van der Waals surface area contributed by atoms with Gasteiger partial charge in [0.1, 0.15) is 0 Å². The summed E-state index contributed by atoms with van der Waals surface area (Å²) < 4.78 is 11.6. The smallest absolute Gasteiger partial charge is 0.251 e. The predicted molar refractivity (Wildman–Crippen MR) is 102 cm³/mol. The third-order valence-electron chi connectivity index (χ3n) is 4.54. The van der Waals surface area contributed by atoms with Gasteiger partial charge in [0.15, 0.2) is 0 Å². The molecule has 26 heavy (non-hydrogen) atoms. The molecule has 1 fully saturated rings. The maximum Gasteiger partial charge on any atom is 0.251 e. The molecule has 3 rings (SSSR count). The Morgan fingerprint density at radius 2 is 2.00 bits per heavy atom. The van der Waals surface area contributed by atoms with Crippen LogP contribution in [0.1, 0.15) is 22.3 Å². The molecule has 0 aromatic heterocycles. The predicted octanol–water partition coefficient (Wildman–Crippen LogP) is 2.86. The second kappa shape index (κ2) is 8.83. The second-order valence-electron chi connectivity index (χ2n) is 6.72. The Hall–Kier alpha value is -2.37. The third kappa shape index (κ3) is 4.84. The van der Waals surface area contributed by atoms with Gasteiger partial charge in [-0.05, 0) is 30.2 Å². The van der Waals surface area contributed by atoms with Crippen molar-refractivity contribution in [2.24, 2.45) is 0 Å². The molecule has 138 valence electrons. The number of nitrogens with one attached hydrogen (secondary N) is 1. The van der Waals surface area contributed by atoms with Gasteiger partial charge >= 0.3 is 0 Å². The lowest BCUT2D eigenvalue weighted by Gasteiger charge is -2.32. The Balaban J connectivity index is 1.62. The van der Waals surface area contributed by atoms with Gasteiger partial charge in [-0.25, -0.2) is 0 Å². The monoisotopic (exact) mass is 354 g/mol. The molecule has 1 aliphatic heterocycles. The Morgan fingerprint density at radius 3 is 2.77 bits per heavy atom. The Kier molecular flexibility index (Phi) is 6.26. The van der Waals surface area contributed by atoms with Crippen LogP contribution in [0.15, 0.2) is 54.6 Å². The average Bonchev–Trinajstić information content (AvgIpc) is 2.68. The minimum atomic E-state index is -0.150. The minimum absolute atomic E-state index is 0.0510. The first kappa shape index (κ1) is 18.4. The number of carbonyl (C=O) groups is 1. The van der Waals surface area contributed by atoms with Crippen molar-refractivity contribution in [3.63, 3.8) is 0 Å². The topological polar surface area (TPSA) is 50.8 Å². The molecule has 0 aliphatic carbocycles. The standard InChI is InChI=1S/C21H26N2O3/c1-23(2)18-10-6-9-17(13-18)21(24)22-19-15-25-12-11-20(19)26-14-16-7-4-3-5-8-16/h3-10,13,19-20H,11-12,14-15H2,1-2H3,(H,22,24)/t19-,20+/m1/s1. The normalized spacial score (nSPS) is 19.8. The molecule has 5 nitrogen and oxygen atoms in total. The minimum Gasteiger partial charge on any atom is -0.379 e. The van der Waals surface area contributed by atoms with Crippen molar-refractivity contribution in [2.75, 3.05) is 32.2 Å². The van der Waals surface area contributed by atoms with Gasteiger partial charge in [-0.2, -0.15) is 0 Å². The van der Waals surface area contributed by atoms with E-state index in [1.54, 1.807) is 0 Å². The Morgan fingerprint density at radius 1 is 1.19 bits per heavy atom. The van der Waals surface area contributed by atoms with Crippen molar-refractivity contribution >= 4 is 11.6 Å². The molecule has 5 heteroatoms. The van der Waals surface area contributed by atoms with Crippen molar-refractivity contribution in [1.82, 2.24) is 5.32 Å². The zero-order valence-electron chi connectivity index (χ0n) is 15.4. The van der Waals surface area contributed by atoms with Crippen molar-refractivity contribution in [3.05, 3.63) is 65.7 Å². The van der Waals surface area contributed by atoms with Crippen molar-refractivity contribution in [2.45, 2.75) is 25.2 Å². The Bertz CT molecular complexity index is 718. The van der Waals surface area contributed by atoms with Crippen molar-refractivity contribution in [3.8, 4) is 0 Å². The second-order valence-corrected chi connectivity index (χ2v) is 6.72. The quantitative estimate of drug-likeness (QED) is 0.867. The van der Waals surface area contributed by atoms with Crippen LogP contribution in [0.4, 0.5) is 5.69 Å².